The molecule has 1 N–H and O–H groups in total. The Labute approximate surface area is 183 Å². The molecule has 8 nitrogen and oxygen atoms in total. The van der Waals surface area contributed by atoms with Crippen LogP contribution in [0, 0.1) is 22.6 Å². The van der Waals surface area contributed by atoms with Crippen LogP contribution in [0.3, 0.4) is 0 Å². The summed E-state index contributed by atoms with van der Waals surface area (Å²) in [6.07, 6.45) is 2.07. The number of thioether (sulfide) groups is 1. The van der Waals surface area contributed by atoms with Gasteiger partial charge in [0.1, 0.15) is 11.5 Å². The maximum Gasteiger partial charge on any atom is 0.310 e. The van der Waals surface area contributed by atoms with Crippen molar-refractivity contribution in [1.82, 2.24) is 9.88 Å². The summed E-state index contributed by atoms with van der Waals surface area (Å²) in [4.78, 5) is 31.6. The number of aromatic nitrogens is 1. The summed E-state index contributed by atoms with van der Waals surface area (Å²) in [7, 11) is 0. The van der Waals surface area contributed by atoms with Crippen LogP contribution < -0.4 is 4.74 Å². The van der Waals surface area contributed by atoms with Gasteiger partial charge in [0.05, 0.1) is 16.6 Å². The topological polar surface area (TPSA) is 92.8 Å². The summed E-state index contributed by atoms with van der Waals surface area (Å²) in [6, 6.07) is 11.5. The van der Waals surface area contributed by atoms with Gasteiger partial charge in [-0.25, -0.2) is 6.57 Å². The maximum absolute atomic E-state index is 12.8. The quantitative estimate of drug-likeness (QED) is 0.340. The highest BCUT2D eigenvalue weighted by Crippen LogP contribution is 2.30. The Morgan fingerprint density at radius 2 is 2.10 bits per heavy atom. The van der Waals surface area contributed by atoms with Crippen LogP contribution in [0.1, 0.15) is 12.5 Å². The summed E-state index contributed by atoms with van der Waals surface area (Å²) < 4.78 is 5.86. The van der Waals surface area contributed by atoms with Crippen LogP contribution in [0.25, 0.3) is 15.7 Å². The molecule has 1 aliphatic heterocycles. The second-order valence-corrected chi connectivity index (χ2v) is 8.40. The number of hydrogen-bond acceptors (Lipinski definition) is 5. The molecule has 158 valence electrons. The molecular formula is C22H20N4O4S. The van der Waals surface area contributed by atoms with Crippen LogP contribution in [0.2, 0.25) is 0 Å². The predicted octanol–water partition coefficient (Wildman–Crippen LogP) is 4.83. The molecule has 0 aliphatic carbocycles. The number of fused-ring (bicyclic) bond motifs is 1. The molecule has 2 heterocycles. The monoisotopic (exact) mass is 436 g/mol. The molecule has 4 rings (SSSR count). The standard InChI is InChI=1S/C22H20N4O4S/c1-14(22(27)25-13-31-12-21(25)23-2)9-15-11-24-20-8-7-18(10-19(15)20)30-17-5-3-16(4-6-17)26(28)29/h3-8,10-11,14,21,24H,9,12-13H2,1H3/t14-,21+/m0/s1. The van der Waals surface area contributed by atoms with Gasteiger partial charge in [0, 0.05) is 35.2 Å². The molecule has 0 unspecified atom stereocenters. The lowest BCUT2D eigenvalue weighted by Gasteiger charge is -2.20. The van der Waals surface area contributed by atoms with Gasteiger partial charge < -0.3 is 9.72 Å². The van der Waals surface area contributed by atoms with E-state index in [4.69, 9.17) is 11.3 Å². The number of carbonyl (C=O) groups is 1. The van der Waals surface area contributed by atoms with E-state index in [0.29, 0.717) is 29.5 Å². The zero-order valence-electron chi connectivity index (χ0n) is 16.8. The molecule has 2 aromatic carbocycles. The Bertz CT molecular complexity index is 1170. The van der Waals surface area contributed by atoms with Gasteiger partial charge in [-0.1, -0.05) is 6.92 Å². The summed E-state index contributed by atoms with van der Waals surface area (Å²) in [5.74, 6) is 2.09. The number of hydrogen-bond donors (Lipinski definition) is 1. The maximum atomic E-state index is 12.8. The van der Waals surface area contributed by atoms with E-state index in [9.17, 15) is 14.9 Å². The fourth-order valence-corrected chi connectivity index (χ4v) is 4.68. The van der Waals surface area contributed by atoms with Crippen LogP contribution in [-0.2, 0) is 11.2 Å². The Hall–Kier alpha value is -3.51. The van der Waals surface area contributed by atoms with Gasteiger partial charge >= 0.3 is 6.17 Å². The number of amides is 1. The van der Waals surface area contributed by atoms with Crippen molar-refractivity contribution in [2.24, 2.45) is 5.92 Å². The lowest BCUT2D eigenvalue weighted by atomic mass is 9.99. The Morgan fingerprint density at radius 1 is 1.35 bits per heavy atom. The largest absolute Gasteiger partial charge is 0.457 e. The number of rotatable bonds is 6. The fourth-order valence-electron chi connectivity index (χ4n) is 3.61. The summed E-state index contributed by atoms with van der Waals surface area (Å²) >= 11 is 1.61. The number of nitro groups is 1. The molecule has 0 radical (unpaired) electrons. The number of nitro benzene ring substituents is 1. The first-order valence-corrected chi connectivity index (χ1v) is 10.9. The molecule has 31 heavy (non-hydrogen) atoms. The molecule has 3 aromatic rings. The molecule has 1 amide bonds. The van der Waals surface area contributed by atoms with Crippen molar-refractivity contribution in [3.63, 3.8) is 0 Å². The van der Waals surface area contributed by atoms with Gasteiger partial charge in [0.2, 0.25) is 5.91 Å². The molecule has 9 heteroatoms. The van der Waals surface area contributed by atoms with E-state index in [2.05, 4.69) is 9.83 Å². The van der Waals surface area contributed by atoms with Crippen molar-refractivity contribution in [3.8, 4) is 11.5 Å². The SMILES string of the molecule is [C-]#[N+][C@H]1CSCN1C(=O)[C@@H](C)Cc1c[nH]c2ccc(Oc3ccc([N+](=O)[O-])cc3)cc12. The number of nitrogens with zero attached hydrogens (tertiary/aromatic N) is 3. The number of nitrogens with one attached hydrogen (secondary N) is 1. The zero-order chi connectivity index (χ0) is 22.0. The van der Waals surface area contributed by atoms with Gasteiger partial charge in [-0.05, 0) is 42.3 Å². The molecule has 1 saturated heterocycles. The minimum absolute atomic E-state index is 0.00126. The van der Waals surface area contributed by atoms with E-state index in [-0.39, 0.29) is 23.7 Å². The predicted molar refractivity (Wildman–Crippen MR) is 119 cm³/mol. The highest BCUT2D eigenvalue weighted by molar-refractivity contribution is 7.99. The van der Waals surface area contributed by atoms with Gasteiger partial charge in [0.15, 0.2) is 0 Å². The second-order valence-electron chi connectivity index (χ2n) is 7.40. The molecule has 1 aromatic heterocycles. The minimum Gasteiger partial charge on any atom is -0.457 e. The summed E-state index contributed by atoms with van der Waals surface area (Å²) in [5.41, 5.74) is 1.93. The van der Waals surface area contributed by atoms with Gasteiger partial charge in [-0.15, -0.1) is 11.8 Å². The van der Waals surface area contributed by atoms with Crippen molar-refractivity contribution in [2.45, 2.75) is 19.5 Å². The highest BCUT2D eigenvalue weighted by atomic mass is 32.2. The number of ether oxygens (including phenoxy) is 1. The Balaban J connectivity index is 1.51. The highest BCUT2D eigenvalue weighted by Gasteiger charge is 2.35. The number of non-ortho nitro benzene ring substituents is 1. The zero-order valence-corrected chi connectivity index (χ0v) is 17.6. The van der Waals surface area contributed by atoms with Crippen molar-refractivity contribution in [1.29, 1.82) is 0 Å². The molecule has 1 fully saturated rings. The first-order valence-electron chi connectivity index (χ1n) is 9.73. The third-order valence-electron chi connectivity index (χ3n) is 5.26. The number of H-pyrrole nitrogens is 1. The van der Waals surface area contributed by atoms with Gasteiger partial charge in [0.25, 0.3) is 5.69 Å². The fraction of sp³-hybridized carbons (Fsp3) is 0.273. The number of carbonyl (C=O) groups excluding carboxylic acids is 1. The lowest BCUT2D eigenvalue weighted by Crippen LogP contribution is -2.38. The second kappa shape index (κ2) is 8.70. The van der Waals surface area contributed by atoms with E-state index in [1.807, 2.05) is 31.3 Å². The third-order valence-corrected chi connectivity index (χ3v) is 6.25. The molecule has 1 aliphatic rings. The molecule has 2 atom stereocenters. The van der Waals surface area contributed by atoms with E-state index in [0.717, 1.165) is 16.5 Å². The number of benzene rings is 2. The van der Waals surface area contributed by atoms with Crippen LogP contribution >= 0.6 is 11.8 Å². The van der Waals surface area contributed by atoms with Crippen LogP contribution in [-0.4, -0.2) is 38.5 Å². The lowest BCUT2D eigenvalue weighted by molar-refractivity contribution is -0.384. The summed E-state index contributed by atoms with van der Waals surface area (Å²) in [5, 5.41) is 11.8. The first-order chi connectivity index (χ1) is 15.0. The molecule has 0 saturated carbocycles. The van der Waals surface area contributed by atoms with Crippen molar-refractivity contribution in [3.05, 3.63) is 75.8 Å². The van der Waals surface area contributed by atoms with E-state index >= 15 is 0 Å². The first kappa shape index (κ1) is 20.8. The minimum atomic E-state index is -0.453. The average molecular weight is 436 g/mol. The smallest absolute Gasteiger partial charge is 0.310 e. The van der Waals surface area contributed by atoms with Gasteiger partial charge in [-0.3, -0.25) is 24.7 Å². The van der Waals surface area contributed by atoms with Crippen LogP contribution in [0.15, 0.2) is 48.7 Å². The molecule has 0 bridgehead atoms. The summed E-state index contributed by atoms with van der Waals surface area (Å²) in [6.45, 7) is 9.17. The van der Waals surface area contributed by atoms with E-state index in [1.54, 1.807) is 28.8 Å². The number of aromatic amines is 1. The van der Waals surface area contributed by atoms with Gasteiger partial charge in [-0.2, -0.15) is 0 Å². The van der Waals surface area contributed by atoms with Crippen LogP contribution in [0.5, 0.6) is 11.5 Å². The molecule has 0 spiro atoms. The Kier molecular flexibility index (Phi) is 5.82. The van der Waals surface area contributed by atoms with Crippen molar-refractivity contribution >= 4 is 34.3 Å². The third kappa shape index (κ3) is 4.34. The molecular weight excluding hydrogens is 416 g/mol. The average Bonchev–Trinajstić information content (AvgIpc) is 3.40. The van der Waals surface area contributed by atoms with E-state index < -0.39 is 4.92 Å². The Morgan fingerprint density at radius 3 is 2.81 bits per heavy atom. The van der Waals surface area contributed by atoms with Crippen molar-refractivity contribution in [2.75, 3.05) is 11.6 Å². The van der Waals surface area contributed by atoms with Crippen molar-refractivity contribution < 1.29 is 14.5 Å². The van der Waals surface area contributed by atoms with E-state index in [1.165, 1.54) is 12.1 Å². The van der Waals surface area contributed by atoms with Crippen LogP contribution in [0.4, 0.5) is 5.69 Å². The normalized spacial score (nSPS) is 16.8.